The average molecular weight is 395 g/mol. The van der Waals surface area contributed by atoms with Crippen LogP contribution < -0.4 is 15.6 Å². The summed E-state index contributed by atoms with van der Waals surface area (Å²) in [5, 5.41) is 8.62. The number of carbonyl (C=O) groups is 1. The fraction of sp³-hybridized carbons (Fsp3) is 0.318. The van der Waals surface area contributed by atoms with Gasteiger partial charge in [-0.3, -0.25) is 9.59 Å². The summed E-state index contributed by atoms with van der Waals surface area (Å²) < 4.78 is 12.0. The first-order valence-electron chi connectivity index (χ1n) is 9.52. The lowest BCUT2D eigenvalue weighted by molar-refractivity contribution is 0.0950. The van der Waals surface area contributed by atoms with Gasteiger partial charge in [-0.05, 0) is 44.2 Å². The summed E-state index contributed by atoms with van der Waals surface area (Å²) in [6.07, 6.45) is 0.0721. The van der Waals surface area contributed by atoms with Crippen molar-refractivity contribution in [1.82, 2.24) is 15.1 Å². The molecular formula is C22H25N3O4. The van der Waals surface area contributed by atoms with Gasteiger partial charge < -0.3 is 14.8 Å². The normalized spacial score (nSPS) is 11.0. The topological polar surface area (TPSA) is 82.4 Å². The summed E-state index contributed by atoms with van der Waals surface area (Å²) in [4.78, 5) is 25.1. The van der Waals surface area contributed by atoms with Gasteiger partial charge in [-0.1, -0.05) is 18.2 Å². The Morgan fingerprint density at radius 3 is 2.45 bits per heavy atom. The minimum absolute atomic E-state index is 0.0721. The molecule has 0 saturated carbocycles. The van der Waals surface area contributed by atoms with Crippen LogP contribution in [0.3, 0.4) is 0 Å². The van der Waals surface area contributed by atoms with Gasteiger partial charge in [0.2, 0.25) is 0 Å². The number of nitrogens with one attached hydrogen (secondary N) is 1. The maximum atomic E-state index is 12.6. The third kappa shape index (κ3) is 5.00. The molecule has 0 bridgehead atoms. The van der Waals surface area contributed by atoms with E-state index in [2.05, 4.69) is 10.4 Å². The smallest absolute Gasteiger partial charge is 0.274 e. The highest BCUT2D eigenvalue weighted by molar-refractivity contribution is 5.94. The minimum atomic E-state index is -0.221. The lowest BCUT2D eigenvalue weighted by Gasteiger charge is -2.12. The van der Waals surface area contributed by atoms with E-state index in [1.54, 1.807) is 37.4 Å². The van der Waals surface area contributed by atoms with Crippen LogP contribution in [0.15, 0.2) is 53.3 Å². The van der Waals surface area contributed by atoms with E-state index in [4.69, 9.17) is 9.47 Å². The Bertz CT molecular complexity index is 1040. The maximum Gasteiger partial charge on any atom is 0.274 e. The number of benzene rings is 2. The second-order valence-electron chi connectivity index (χ2n) is 6.89. The van der Waals surface area contributed by atoms with Crippen molar-refractivity contribution in [1.29, 1.82) is 0 Å². The van der Waals surface area contributed by atoms with Crippen molar-refractivity contribution in [2.75, 3.05) is 13.7 Å². The molecule has 0 fully saturated rings. The molecule has 0 radical (unpaired) electrons. The lowest BCUT2D eigenvalue weighted by Crippen LogP contribution is -2.29. The number of carbonyl (C=O) groups excluding carboxylic acids is 1. The Balaban J connectivity index is 1.79. The van der Waals surface area contributed by atoms with Crippen molar-refractivity contribution >= 4 is 16.7 Å². The molecule has 29 heavy (non-hydrogen) atoms. The molecule has 7 heteroatoms. The number of ether oxygens (including phenoxy) is 2. The number of methoxy groups -OCH3 is 1. The molecule has 152 valence electrons. The monoisotopic (exact) mass is 395 g/mol. The van der Waals surface area contributed by atoms with Crippen LogP contribution in [0.25, 0.3) is 10.8 Å². The van der Waals surface area contributed by atoms with E-state index in [0.717, 1.165) is 11.1 Å². The quantitative estimate of drug-likeness (QED) is 0.634. The van der Waals surface area contributed by atoms with Crippen LogP contribution in [0, 0.1) is 0 Å². The average Bonchev–Trinajstić information content (AvgIpc) is 2.72. The van der Waals surface area contributed by atoms with Crippen LogP contribution in [-0.4, -0.2) is 35.5 Å². The van der Waals surface area contributed by atoms with Crippen LogP contribution in [0.2, 0.25) is 0 Å². The van der Waals surface area contributed by atoms with Crippen LogP contribution in [0.1, 0.15) is 29.9 Å². The molecule has 0 saturated heterocycles. The molecule has 3 rings (SSSR count). The standard InChI is InChI=1S/C22H25N3O4/c1-15(2)29-17-10-8-16(9-11-17)21(26)23-14-20-18-6-4-5-7-19(18)22(27)25(24-20)12-13-28-3/h4-11,15H,12-14H2,1-3H3,(H,23,26). The zero-order valence-electron chi connectivity index (χ0n) is 16.8. The van der Waals surface area contributed by atoms with Gasteiger partial charge in [0.25, 0.3) is 11.5 Å². The van der Waals surface area contributed by atoms with E-state index >= 15 is 0 Å². The summed E-state index contributed by atoms with van der Waals surface area (Å²) in [6.45, 7) is 4.82. The summed E-state index contributed by atoms with van der Waals surface area (Å²) in [5.41, 5.74) is 0.982. The third-order valence-electron chi connectivity index (χ3n) is 4.36. The fourth-order valence-corrected chi connectivity index (χ4v) is 2.99. The largest absolute Gasteiger partial charge is 0.491 e. The number of amides is 1. The van der Waals surface area contributed by atoms with Crippen LogP contribution >= 0.6 is 0 Å². The van der Waals surface area contributed by atoms with Crippen LogP contribution in [-0.2, 0) is 17.8 Å². The fourth-order valence-electron chi connectivity index (χ4n) is 2.99. The molecule has 2 aromatic carbocycles. The van der Waals surface area contributed by atoms with Crippen molar-refractivity contribution in [2.45, 2.75) is 33.0 Å². The number of fused-ring (bicyclic) bond motifs is 1. The highest BCUT2D eigenvalue weighted by atomic mass is 16.5. The van der Waals surface area contributed by atoms with Crippen molar-refractivity contribution in [2.24, 2.45) is 0 Å². The molecule has 0 spiro atoms. The van der Waals surface area contributed by atoms with Crippen molar-refractivity contribution in [3.05, 3.63) is 70.1 Å². The third-order valence-corrected chi connectivity index (χ3v) is 4.36. The second kappa shape index (κ2) is 9.34. The van der Waals surface area contributed by atoms with E-state index in [0.29, 0.717) is 29.8 Å². The molecule has 1 N–H and O–H groups in total. The van der Waals surface area contributed by atoms with Gasteiger partial charge in [-0.25, -0.2) is 4.68 Å². The predicted octanol–water partition coefficient (Wildman–Crippen LogP) is 2.76. The number of nitrogens with zero attached hydrogens (tertiary/aromatic N) is 2. The summed E-state index contributed by atoms with van der Waals surface area (Å²) >= 11 is 0. The first-order chi connectivity index (χ1) is 14.0. The molecule has 7 nitrogen and oxygen atoms in total. The number of hydrogen-bond acceptors (Lipinski definition) is 5. The molecule has 1 aromatic heterocycles. The molecule has 0 unspecified atom stereocenters. The van der Waals surface area contributed by atoms with Crippen LogP contribution in [0.5, 0.6) is 5.75 Å². The van der Waals surface area contributed by atoms with E-state index in [-0.39, 0.29) is 24.1 Å². The first kappa shape index (κ1) is 20.5. The van der Waals surface area contributed by atoms with Crippen LogP contribution in [0.4, 0.5) is 0 Å². The van der Waals surface area contributed by atoms with E-state index in [1.807, 2.05) is 32.0 Å². The van der Waals surface area contributed by atoms with E-state index in [9.17, 15) is 9.59 Å². The Kier molecular flexibility index (Phi) is 6.61. The SMILES string of the molecule is COCCn1nc(CNC(=O)c2ccc(OC(C)C)cc2)c2ccccc2c1=O. The zero-order valence-corrected chi connectivity index (χ0v) is 16.8. The molecule has 0 atom stereocenters. The van der Waals surface area contributed by atoms with E-state index in [1.165, 1.54) is 4.68 Å². The number of aromatic nitrogens is 2. The maximum absolute atomic E-state index is 12.6. The van der Waals surface area contributed by atoms with Crippen molar-refractivity contribution in [3.8, 4) is 5.75 Å². The molecule has 0 aliphatic carbocycles. The first-order valence-corrected chi connectivity index (χ1v) is 9.52. The second-order valence-corrected chi connectivity index (χ2v) is 6.89. The summed E-state index contributed by atoms with van der Waals surface area (Å²) in [5.74, 6) is 0.496. The van der Waals surface area contributed by atoms with Crippen molar-refractivity contribution < 1.29 is 14.3 Å². The number of rotatable bonds is 8. The van der Waals surface area contributed by atoms with Gasteiger partial charge in [0.05, 0.1) is 36.9 Å². The number of hydrogen-bond donors (Lipinski definition) is 1. The van der Waals surface area contributed by atoms with Gasteiger partial charge >= 0.3 is 0 Å². The van der Waals surface area contributed by atoms with Gasteiger partial charge in [0.15, 0.2) is 0 Å². The molecule has 0 aliphatic rings. The molecule has 1 amide bonds. The summed E-state index contributed by atoms with van der Waals surface area (Å²) in [6, 6.07) is 14.2. The Hall–Kier alpha value is -3.19. The van der Waals surface area contributed by atoms with Gasteiger partial charge in [0, 0.05) is 18.1 Å². The highest BCUT2D eigenvalue weighted by Gasteiger charge is 2.12. The molecule has 3 aromatic rings. The zero-order chi connectivity index (χ0) is 20.8. The lowest BCUT2D eigenvalue weighted by atomic mass is 10.1. The van der Waals surface area contributed by atoms with Gasteiger partial charge in [0.1, 0.15) is 5.75 Å². The highest BCUT2D eigenvalue weighted by Crippen LogP contribution is 2.15. The molecule has 0 aliphatic heterocycles. The Labute approximate surface area is 169 Å². The minimum Gasteiger partial charge on any atom is -0.491 e. The summed E-state index contributed by atoms with van der Waals surface area (Å²) in [7, 11) is 1.57. The van der Waals surface area contributed by atoms with Gasteiger partial charge in [-0.2, -0.15) is 5.10 Å². The molecular weight excluding hydrogens is 370 g/mol. The van der Waals surface area contributed by atoms with Crippen molar-refractivity contribution in [3.63, 3.8) is 0 Å². The Morgan fingerprint density at radius 1 is 1.10 bits per heavy atom. The molecule has 1 heterocycles. The Morgan fingerprint density at radius 2 is 1.79 bits per heavy atom. The van der Waals surface area contributed by atoms with Gasteiger partial charge in [-0.15, -0.1) is 0 Å². The predicted molar refractivity (Wildman–Crippen MR) is 111 cm³/mol. The van der Waals surface area contributed by atoms with E-state index < -0.39 is 0 Å².